The van der Waals surface area contributed by atoms with Crippen LogP contribution in [-0.4, -0.2) is 51.2 Å². The first-order valence-electron chi connectivity index (χ1n) is 10.2. The van der Waals surface area contributed by atoms with Crippen molar-refractivity contribution in [3.05, 3.63) is 66.0 Å². The zero-order valence-electron chi connectivity index (χ0n) is 17.5. The largest absolute Gasteiger partial charge is 0.497 e. The van der Waals surface area contributed by atoms with Gasteiger partial charge in [0.05, 0.1) is 14.2 Å². The van der Waals surface area contributed by atoms with Gasteiger partial charge in [-0.25, -0.2) is 4.39 Å². The quantitative estimate of drug-likeness (QED) is 0.698. The van der Waals surface area contributed by atoms with Crippen molar-refractivity contribution in [1.29, 1.82) is 0 Å². The lowest BCUT2D eigenvalue weighted by Gasteiger charge is -2.39. The molecule has 0 bridgehead atoms. The zero-order valence-corrected chi connectivity index (χ0v) is 17.5. The van der Waals surface area contributed by atoms with E-state index in [1.54, 1.807) is 49.5 Å². The first-order valence-corrected chi connectivity index (χ1v) is 10.2. The van der Waals surface area contributed by atoms with Gasteiger partial charge in [0.15, 0.2) is 0 Å². The lowest BCUT2D eigenvalue weighted by molar-refractivity contribution is 0.0977. The molecule has 158 valence electrons. The van der Waals surface area contributed by atoms with Crippen molar-refractivity contribution >= 4 is 11.6 Å². The first-order chi connectivity index (χ1) is 14.5. The summed E-state index contributed by atoms with van der Waals surface area (Å²) in [4.78, 5) is 17.6. The number of halogens is 1. The summed E-state index contributed by atoms with van der Waals surface area (Å²) in [7, 11) is 3.12. The van der Waals surface area contributed by atoms with Crippen LogP contribution < -0.4 is 14.4 Å². The lowest BCUT2D eigenvalue weighted by atomic mass is 9.74. The Balaban J connectivity index is 1.69. The highest BCUT2D eigenvalue weighted by Gasteiger charge is 2.46. The van der Waals surface area contributed by atoms with Crippen molar-refractivity contribution < 1.29 is 18.7 Å². The zero-order chi connectivity index (χ0) is 21.3. The van der Waals surface area contributed by atoms with E-state index in [4.69, 9.17) is 9.47 Å². The SMILES string of the molecule is C=CCN1CCC2(CC1)CN(C(=O)c1cc(OC)cc(OC)c1)c1ccc(F)cc12. The third-order valence-corrected chi connectivity index (χ3v) is 6.33. The number of benzene rings is 2. The van der Waals surface area contributed by atoms with Gasteiger partial charge in [0.2, 0.25) is 0 Å². The fraction of sp³-hybridized carbons (Fsp3) is 0.375. The molecule has 5 nitrogen and oxygen atoms in total. The van der Waals surface area contributed by atoms with E-state index in [0.717, 1.165) is 43.7 Å². The summed E-state index contributed by atoms with van der Waals surface area (Å²) >= 11 is 0. The summed E-state index contributed by atoms with van der Waals surface area (Å²) in [6, 6.07) is 9.93. The van der Waals surface area contributed by atoms with Gasteiger partial charge in [-0.05, 0) is 61.8 Å². The highest BCUT2D eigenvalue weighted by Crippen LogP contribution is 2.47. The number of carbonyl (C=O) groups is 1. The highest BCUT2D eigenvalue weighted by molar-refractivity contribution is 6.08. The van der Waals surface area contributed by atoms with Crippen molar-refractivity contribution in [3.8, 4) is 11.5 Å². The third kappa shape index (κ3) is 3.56. The van der Waals surface area contributed by atoms with Crippen LogP contribution in [0.3, 0.4) is 0 Å². The molecule has 2 aliphatic heterocycles. The second kappa shape index (κ2) is 8.11. The number of piperidine rings is 1. The van der Waals surface area contributed by atoms with E-state index in [0.29, 0.717) is 23.6 Å². The number of rotatable bonds is 5. The van der Waals surface area contributed by atoms with Gasteiger partial charge in [0.25, 0.3) is 5.91 Å². The van der Waals surface area contributed by atoms with E-state index in [1.165, 1.54) is 6.07 Å². The summed E-state index contributed by atoms with van der Waals surface area (Å²) in [6.45, 7) is 7.02. The number of nitrogens with zero attached hydrogens (tertiary/aromatic N) is 2. The van der Waals surface area contributed by atoms with E-state index < -0.39 is 0 Å². The third-order valence-electron chi connectivity index (χ3n) is 6.33. The van der Waals surface area contributed by atoms with Crippen LogP contribution in [0.1, 0.15) is 28.8 Å². The Bertz CT molecular complexity index is 945. The summed E-state index contributed by atoms with van der Waals surface area (Å²) in [6.07, 6.45) is 3.66. The van der Waals surface area contributed by atoms with Crippen molar-refractivity contribution in [3.63, 3.8) is 0 Å². The molecule has 6 heteroatoms. The van der Waals surface area contributed by atoms with Gasteiger partial charge in [0.1, 0.15) is 17.3 Å². The number of fused-ring (bicyclic) bond motifs is 2. The monoisotopic (exact) mass is 410 g/mol. The maximum atomic E-state index is 14.2. The van der Waals surface area contributed by atoms with E-state index in [9.17, 15) is 9.18 Å². The molecule has 0 aromatic heterocycles. The molecule has 0 saturated carbocycles. The van der Waals surface area contributed by atoms with Gasteiger partial charge in [0, 0.05) is 35.8 Å². The summed E-state index contributed by atoms with van der Waals surface area (Å²) in [5.41, 5.74) is 1.99. The number of anilines is 1. The second-order valence-electron chi connectivity index (χ2n) is 8.02. The van der Waals surface area contributed by atoms with Crippen molar-refractivity contribution in [2.45, 2.75) is 18.3 Å². The standard InChI is InChI=1S/C24H27FN2O3/c1-4-9-26-10-7-24(8-11-26)16-27(22-6-5-18(25)14-21(22)24)23(28)17-12-19(29-2)15-20(13-17)30-3/h4-6,12-15H,1,7-11,16H2,2-3H3. The molecule has 2 aromatic rings. The molecule has 2 aliphatic rings. The molecule has 1 spiro atoms. The molecule has 4 rings (SSSR count). The molecular weight excluding hydrogens is 383 g/mol. The minimum Gasteiger partial charge on any atom is -0.497 e. The highest BCUT2D eigenvalue weighted by atomic mass is 19.1. The Morgan fingerprint density at radius 1 is 1.13 bits per heavy atom. The second-order valence-corrected chi connectivity index (χ2v) is 8.02. The molecule has 0 N–H and O–H groups in total. The fourth-order valence-corrected chi connectivity index (χ4v) is 4.68. The fourth-order valence-electron chi connectivity index (χ4n) is 4.68. The van der Waals surface area contributed by atoms with Gasteiger partial charge >= 0.3 is 0 Å². The molecule has 1 amide bonds. The van der Waals surface area contributed by atoms with Gasteiger partial charge in [-0.3, -0.25) is 9.69 Å². The van der Waals surface area contributed by atoms with Crippen molar-refractivity contribution in [2.24, 2.45) is 0 Å². The smallest absolute Gasteiger partial charge is 0.258 e. The molecule has 0 aliphatic carbocycles. The van der Waals surface area contributed by atoms with E-state index in [2.05, 4.69) is 11.5 Å². The molecule has 0 unspecified atom stereocenters. The lowest BCUT2D eigenvalue weighted by Crippen LogP contribution is -2.46. The molecule has 2 aromatic carbocycles. The Labute approximate surface area is 176 Å². The van der Waals surface area contributed by atoms with E-state index in [1.807, 2.05) is 6.08 Å². The van der Waals surface area contributed by atoms with E-state index in [-0.39, 0.29) is 17.1 Å². The Hall–Kier alpha value is -2.86. The summed E-state index contributed by atoms with van der Waals surface area (Å²) in [5, 5.41) is 0. The number of hydrogen-bond donors (Lipinski definition) is 0. The molecule has 1 saturated heterocycles. The normalized spacial score (nSPS) is 17.6. The maximum Gasteiger partial charge on any atom is 0.258 e. The van der Waals surface area contributed by atoms with Crippen molar-refractivity contribution in [2.75, 3.05) is 45.3 Å². The van der Waals surface area contributed by atoms with Gasteiger partial charge in [-0.15, -0.1) is 6.58 Å². The summed E-state index contributed by atoms with van der Waals surface area (Å²) < 4.78 is 24.8. The molecule has 2 heterocycles. The predicted molar refractivity (Wildman–Crippen MR) is 115 cm³/mol. The molecule has 0 atom stereocenters. The van der Waals surface area contributed by atoms with Crippen LogP contribution in [0.4, 0.5) is 10.1 Å². The van der Waals surface area contributed by atoms with Gasteiger partial charge in [-0.2, -0.15) is 0 Å². The number of carbonyl (C=O) groups excluding carboxylic acids is 1. The Morgan fingerprint density at radius 3 is 2.40 bits per heavy atom. The van der Waals surface area contributed by atoms with Crippen LogP contribution in [0.25, 0.3) is 0 Å². The maximum absolute atomic E-state index is 14.2. The van der Waals surface area contributed by atoms with Crippen LogP contribution in [-0.2, 0) is 5.41 Å². The van der Waals surface area contributed by atoms with Crippen LogP contribution in [0, 0.1) is 5.82 Å². The number of methoxy groups -OCH3 is 2. The van der Waals surface area contributed by atoms with Gasteiger partial charge < -0.3 is 14.4 Å². The molecule has 1 fully saturated rings. The van der Waals surface area contributed by atoms with E-state index >= 15 is 0 Å². The number of hydrogen-bond acceptors (Lipinski definition) is 4. The minimum absolute atomic E-state index is 0.134. The van der Waals surface area contributed by atoms with Crippen LogP contribution in [0.2, 0.25) is 0 Å². The molecular formula is C24H27FN2O3. The van der Waals surface area contributed by atoms with Crippen molar-refractivity contribution in [1.82, 2.24) is 4.90 Å². The van der Waals surface area contributed by atoms with Crippen LogP contribution in [0.5, 0.6) is 11.5 Å². The Kier molecular flexibility index (Phi) is 5.52. The molecule has 30 heavy (non-hydrogen) atoms. The predicted octanol–water partition coefficient (Wildman–Crippen LogP) is 4.02. The number of likely N-dealkylation sites (tertiary alicyclic amines) is 1. The Morgan fingerprint density at radius 2 is 1.80 bits per heavy atom. The first kappa shape index (κ1) is 20.4. The van der Waals surface area contributed by atoms with Crippen LogP contribution >= 0.6 is 0 Å². The number of amides is 1. The molecule has 0 radical (unpaired) electrons. The average molecular weight is 410 g/mol. The topological polar surface area (TPSA) is 42.0 Å². The number of ether oxygens (including phenoxy) is 2. The average Bonchev–Trinajstić information content (AvgIpc) is 3.08. The summed E-state index contributed by atoms with van der Waals surface area (Å²) in [5.74, 6) is 0.719. The van der Waals surface area contributed by atoms with Gasteiger partial charge in [-0.1, -0.05) is 6.08 Å². The minimum atomic E-state index is -0.265. The van der Waals surface area contributed by atoms with Crippen LogP contribution in [0.15, 0.2) is 49.1 Å².